The van der Waals surface area contributed by atoms with E-state index in [0.717, 1.165) is 13.0 Å². The zero-order chi connectivity index (χ0) is 7.68. The molecular weight excluding hydrogens is 138 g/mol. The zero-order valence-electron chi connectivity index (χ0n) is 6.92. The highest BCUT2D eigenvalue weighted by Crippen LogP contribution is 2.31. The Hall–Kier alpha value is -0.0800. The van der Waals surface area contributed by atoms with Crippen LogP contribution in [0.15, 0.2) is 0 Å². The van der Waals surface area contributed by atoms with Crippen LogP contribution in [-0.4, -0.2) is 23.8 Å². The number of hydrogen-bond acceptors (Lipinski definition) is 2. The van der Waals surface area contributed by atoms with E-state index in [2.05, 4.69) is 5.32 Å². The van der Waals surface area contributed by atoms with Gasteiger partial charge in [0.15, 0.2) is 0 Å². The highest BCUT2D eigenvalue weighted by Gasteiger charge is 2.29. The normalized spacial score (nSPS) is 34.1. The van der Waals surface area contributed by atoms with Crippen LogP contribution in [0.1, 0.15) is 32.1 Å². The Morgan fingerprint density at radius 3 is 2.45 bits per heavy atom. The van der Waals surface area contributed by atoms with E-state index in [-0.39, 0.29) is 6.10 Å². The molecule has 0 aromatic rings. The smallest absolute Gasteiger partial charge is 0.0583 e. The molecule has 1 heterocycles. The van der Waals surface area contributed by atoms with Gasteiger partial charge in [-0.2, -0.15) is 0 Å². The molecule has 2 nitrogen and oxygen atoms in total. The van der Waals surface area contributed by atoms with Crippen molar-refractivity contribution in [2.75, 3.05) is 6.54 Å². The Morgan fingerprint density at radius 2 is 2.09 bits per heavy atom. The van der Waals surface area contributed by atoms with E-state index in [1.807, 2.05) is 0 Å². The second kappa shape index (κ2) is 3.11. The van der Waals surface area contributed by atoms with E-state index in [1.165, 1.54) is 25.7 Å². The molecule has 0 bridgehead atoms. The molecule has 0 aromatic carbocycles. The lowest BCUT2D eigenvalue weighted by atomic mass is 9.78. The molecule has 64 valence electrons. The Balaban J connectivity index is 1.67. The predicted octanol–water partition coefficient (Wildman–Crippen LogP) is 0.899. The number of rotatable bonds is 3. The van der Waals surface area contributed by atoms with Crippen molar-refractivity contribution in [2.24, 2.45) is 5.92 Å². The van der Waals surface area contributed by atoms with Crippen LogP contribution in [0.3, 0.4) is 0 Å². The maximum absolute atomic E-state index is 9.66. The largest absolute Gasteiger partial charge is 0.393 e. The summed E-state index contributed by atoms with van der Waals surface area (Å²) in [4.78, 5) is 0. The van der Waals surface area contributed by atoms with Crippen LogP contribution in [0.5, 0.6) is 0 Å². The van der Waals surface area contributed by atoms with Gasteiger partial charge in [0.2, 0.25) is 0 Å². The van der Waals surface area contributed by atoms with Crippen LogP contribution >= 0.6 is 0 Å². The average molecular weight is 155 g/mol. The molecule has 2 atom stereocenters. The van der Waals surface area contributed by atoms with E-state index in [4.69, 9.17) is 0 Å². The summed E-state index contributed by atoms with van der Waals surface area (Å²) in [6.07, 6.45) is 6.09. The molecule has 2 heteroatoms. The summed E-state index contributed by atoms with van der Waals surface area (Å²) >= 11 is 0. The minimum atomic E-state index is -0.0125. The first-order chi connectivity index (χ1) is 5.36. The topological polar surface area (TPSA) is 32.3 Å². The maximum Gasteiger partial charge on any atom is 0.0583 e. The molecule has 2 fully saturated rings. The van der Waals surface area contributed by atoms with Crippen molar-refractivity contribution < 1.29 is 5.11 Å². The van der Waals surface area contributed by atoms with Crippen molar-refractivity contribution in [1.29, 1.82) is 0 Å². The van der Waals surface area contributed by atoms with Crippen molar-refractivity contribution >= 4 is 0 Å². The first kappa shape index (κ1) is 7.56. The van der Waals surface area contributed by atoms with Crippen LogP contribution in [0.25, 0.3) is 0 Å². The quantitative estimate of drug-likeness (QED) is 0.634. The maximum atomic E-state index is 9.66. The third kappa shape index (κ3) is 1.57. The van der Waals surface area contributed by atoms with Crippen molar-refractivity contribution in [1.82, 2.24) is 5.32 Å². The standard InChI is InChI=1S/C9H17NO/c11-9(7-2-1-3-7)6-8-4-5-10-8/h7-11H,1-6H2. The van der Waals surface area contributed by atoms with Gasteiger partial charge in [0.1, 0.15) is 0 Å². The van der Waals surface area contributed by atoms with Gasteiger partial charge in [0.25, 0.3) is 0 Å². The van der Waals surface area contributed by atoms with Crippen LogP contribution in [0.2, 0.25) is 0 Å². The molecule has 0 radical (unpaired) electrons. The van der Waals surface area contributed by atoms with E-state index >= 15 is 0 Å². The van der Waals surface area contributed by atoms with E-state index in [9.17, 15) is 5.11 Å². The summed E-state index contributed by atoms with van der Waals surface area (Å²) in [6.45, 7) is 1.15. The van der Waals surface area contributed by atoms with Crippen molar-refractivity contribution in [2.45, 2.75) is 44.2 Å². The summed E-state index contributed by atoms with van der Waals surface area (Å²) in [5.41, 5.74) is 0. The van der Waals surface area contributed by atoms with Crippen LogP contribution in [-0.2, 0) is 0 Å². The van der Waals surface area contributed by atoms with Gasteiger partial charge < -0.3 is 10.4 Å². The first-order valence-corrected chi connectivity index (χ1v) is 4.78. The Kier molecular flexibility index (Phi) is 2.14. The summed E-state index contributed by atoms with van der Waals surface area (Å²) in [5, 5.41) is 13.0. The van der Waals surface area contributed by atoms with E-state index in [1.54, 1.807) is 0 Å². The summed E-state index contributed by atoms with van der Waals surface area (Å²) in [7, 11) is 0. The molecule has 1 aliphatic carbocycles. The van der Waals surface area contributed by atoms with Crippen molar-refractivity contribution in [3.05, 3.63) is 0 Å². The van der Waals surface area contributed by atoms with Gasteiger partial charge >= 0.3 is 0 Å². The average Bonchev–Trinajstić information content (AvgIpc) is 1.74. The van der Waals surface area contributed by atoms with Gasteiger partial charge in [-0.15, -0.1) is 0 Å². The molecule has 1 saturated heterocycles. The zero-order valence-corrected chi connectivity index (χ0v) is 6.92. The Morgan fingerprint density at radius 1 is 1.36 bits per heavy atom. The minimum Gasteiger partial charge on any atom is -0.393 e. The fourth-order valence-electron chi connectivity index (χ4n) is 1.86. The number of nitrogens with one attached hydrogen (secondary N) is 1. The lowest BCUT2D eigenvalue weighted by Gasteiger charge is -2.35. The molecule has 2 rings (SSSR count). The Bertz CT molecular complexity index is 130. The SMILES string of the molecule is OC(CC1CCN1)C1CCC1. The lowest BCUT2D eigenvalue weighted by Crippen LogP contribution is -2.46. The molecule has 2 N–H and O–H groups in total. The lowest BCUT2D eigenvalue weighted by molar-refractivity contribution is 0.0405. The minimum absolute atomic E-state index is 0.0125. The molecule has 0 amide bonds. The molecule has 0 aromatic heterocycles. The third-order valence-corrected chi connectivity index (χ3v) is 3.15. The van der Waals surface area contributed by atoms with Crippen LogP contribution in [0, 0.1) is 5.92 Å². The summed E-state index contributed by atoms with van der Waals surface area (Å²) < 4.78 is 0. The number of aliphatic hydroxyl groups excluding tert-OH is 1. The monoisotopic (exact) mass is 155 g/mol. The predicted molar refractivity (Wildman–Crippen MR) is 44.4 cm³/mol. The van der Waals surface area contributed by atoms with Gasteiger partial charge in [-0.1, -0.05) is 6.42 Å². The highest BCUT2D eigenvalue weighted by atomic mass is 16.3. The molecule has 11 heavy (non-hydrogen) atoms. The van der Waals surface area contributed by atoms with Gasteiger partial charge in [-0.05, 0) is 38.1 Å². The van der Waals surface area contributed by atoms with Gasteiger partial charge in [0, 0.05) is 6.04 Å². The summed E-state index contributed by atoms with van der Waals surface area (Å²) in [5.74, 6) is 0.636. The van der Waals surface area contributed by atoms with Crippen LogP contribution in [0.4, 0.5) is 0 Å². The second-order valence-electron chi connectivity index (χ2n) is 3.93. The van der Waals surface area contributed by atoms with Gasteiger partial charge in [0.05, 0.1) is 6.10 Å². The fourth-order valence-corrected chi connectivity index (χ4v) is 1.86. The Labute approximate surface area is 68.0 Å². The third-order valence-electron chi connectivity index (χ3n) is 3.15. The van der Waals surface area contributed by atoms with Crippen LogP contribution < -0.4 is 5.32 Å². The summed E-state index contributed by atoms with van der Waals surface area (Å²) in [6, 6.07) is 0.630. The van der Waals surface area contributed by atoms with Gasteiger partial charge in [-0.3, -0.25) is 0 Å². The first-order valence-electron chi connectivity index (χ1n) is 4.78. The second-order valence-corrected chi connectivity index (χ2v) is 3.93. The number of hydrogen-bond donors (Lipinski definition) is 2. The van der Waals surface area contributed by atoms with Crippen molar-refractivity contribution in [3.8, 4) is 0 Å². The fraction of sp³-hybridized carbons (Fsp3) is 1.00. The molecule has 2 aliphatic rings. The molecular formula is C9H17NO. The molecule has 1 aliphatic heterocycles. The highest BCUT2D eigenvalue weighted by molar-refractivity contribution is 4.85. The van der Waals surface area contributed by atoms with Gasteiger partial charge in [-0.25, -0.2) is 0 Å². The molecule has 1 saturated carbocycles. The molecule has 2 unspecified atom stereocenters. The van der Waals surface area contributed by atoms with E-state index < -0.39 is 0 Å². The molecule has 0 spiro atoms. The van der Waals surface area contributed by atoms with E-state index in [0.29, 0.717) is 12.0 Å². The van der Waals surface area contributed by atoms with Crippen molar-refractivity contribution in [3.63, 3.8) is 0 Å². The number of aliphatic hydroxyl groups is 1.